The summed E-state index contributed by atoms with van der Waals surface area (Å²) in [4.78, 5) is 0. The molecular weight excluding hydrogens is 983 g/mol. The van der Waals surface area contributed by atoms with Crippen molar-refractivity contribution in [1.82, 2.24) is 0 Å². The first kappa shape index (κ1) is 38.5. The van der Waals surface area contributed by atoms with Gasteiger partial charge in [0.05, 0.1) is 0 Å². The molecule has 0 spiro atoms. The second-order valence-electron chi connectivity index (χ2n) is 20.2. The lowest BCUT2D eigenvalue weighted by Crippen LogP contribution is -2.30. The molecule has 5 heteroatoms. The van der Waals surface area contributed by atoms with E-state index in [0.29, 0.717) is 16.7 Å². The van der Waals surface area contributed by atoms with Gasteiger partial charge in [0.2, 0.25) is 28.5 Å². The Balaban J connectivity index is 0.000000203. The van der Waals surface area contributed by atoms with Crippen LogP contribution in [0, 0.1) is 54.3 Å². The van der Waals surface area contributed by atoms with E-state index in [-0.39, 0.29) is 11.1 Å². The molecule has 5 aromatic carbocycles. The lowest BCUT2D eigenvalue weighted by molar-refractivity contribution is -0.660. The van der Waals surface area contributed by atoms with E-state index in [4.69, 9.17) is 28.8 Å². The number of benzene rings is 5. The Bertz CT molecular complexity index is 4420. The van der Waals surface area contributed by atoms with Crippen LogP contribution in [0.5, 0.6) is 0 Å². The summed E-state index contributed by atoms with van der Waals surface area (Å²) in [5, 5.41) is 0. The van der Waals surface area contributed by atoms with E-state index < -0.39 is 58.8 Å². The molecule has 10 rings (SSSR count). The molecule has 1 atom stereocenters. The van der Waals surface area contributed by atoms with Crippen LogP contribution in [0.4, 0.5) is 0 Å². The lowest BCUT2D eigenvalue weighted by Gasteiger charge is -2.09. The monoisotopic (exact) mass is 1100 g/mol. The van der Waals surface area contributed by atoms with Crippen LogP contribution in [0.25, 0.3) is 56.3 Å². The highest BCUT2D eigenvalue weighted by Gasteiger charge is 2.16. The molecule has 0 radical (unpaired) electrons. The molecule has 0 aliphatic rings. The van der Waals surface area contributed by atoms with Gasteiger partial charge in [-0.1, -0.05) is 106 Å². The van der Waals surface area contributed by atoms with Gasteiger partial charge in [0.15, 0.2) is 31.0 Å². The molecule has 81 heavy (non-hydrogen) atoms. The second-order valence-corrected chi connectivity index (χ2v) is 20.2. The second kappa shape index (κ2) is 29.9. The number of aromatic nitrogens is 5. The van der Waals surface area contributed by atoms with E-state index in [2.05, 4.69) is 68.1 Å². The van der Waals surface area contributed by atoms with Crippen LogP contribution in [0.15, 0.2) is 213 Å². The van der Waals surface area contributed by atoms with Crippen LogP contribution >= 0.6 is 0 Å². The minimum atomic E-state index is -3.35. The average Bonchev–Trinajstić information content (AvgIpc) is 0.718. The highest BCUT2D eigenvalue weighted by atomic mass is 14.9. The van der Waals surface area contributed by atoms with Crippen LogP contribution in [0.3, 0.4) is 0 Å². The Morgan fingerprint density at radius 2 is 0.778 bits per heavy atom. The number of pyridine rings is 5. The number of nitrogens with zero attached hydrogens (tertiary/aromatic N) is 5. The van der Waals surface area contributed by atoms with E-state index in [1.807, 2.05) is 183 Å². The zero-order valence-electron chi connectivity index (χ0n) is 69.9. The van der Waals surface area contributed by atoms with Crippen LogP contribution in [0.2, 0.25) is 0 Å². The summed E-state index contributed by atoms with van der Waals surface area (Å²) >= 11 is 0. The largest absolute Gasteiger partial charge is 0.212 e. The summed E-state index contributed by atoms with van der Waals surface area (Å²) in [5.74, 6) is -4.91. The Morgan fingerprint density at radius 1 is 0.383 bits per heavy atom. The average molecular weight is 1100 g/mol. The summed E-state index contributed by atoms with van der Waals surface area (Å²) in [5.41, 5.74) is 17.5. The molecule has 10 aromatic rings. The van der Waals surface area contributed by atoms with Gasteiger partial charge < -0.3 is 0 Å². The van der Waals surface area contributed by atoms with Gasteiger partial charge in [0.25, 0.3) is 0 Å². The summed E-state index contributed by atoms with van der Waals surface area (Å²) in [6, 6.07) is 56.4. The van der Waals surface area contributed by atoms with Gasteiger partial charge in [0, 0.05) is 117 Å². The summed E-state index contributed by atoms with van der Waals surface area (Å²) in [6.07, 6.45) is 4.55. The molecule has 5 heterocycles. The summed E-state index contributed by atoms with van der Waals surface area (Å²) < 4.78 is 171. The van der Waals surface area contributed by atoms with Crippen LogP contribution in [0.1, 0.15) is 125 Å². The molecule has 0 aliphatic heterocycles. The topological polar surface area (TPSA) is 19.4 Å². The first-order valence-electron chi connectivity index (χ1n) is 37.3. The smallest absolute Gasteiger partial charge is 0.201 e. The van der Waals surface area contributed by atoms with E-state index in [0.717, 1.165) is 61.7 Å². The zero-order valence-corrected chi connectivity index (χ0v) is 48.9. The predicted molar refractivity (Wildman–Crippen MR) is 340 cm³/mol. The maximum atomic E-state index is 8.30. The van der Waals surface area contributed by atoms with Crippen molar-refractivity contribution in [2.75, 3.05) is 0 Å². The summed E-state index contributed by atoms with van der Waals surface area (Å²) in [7, 11) is 9.83. The van der Waals surface area contributed by atoms with Gasteiger partial charge in [-0.25, -0.2) is 22.8 Å². The van der Waals surface area contributed by atoms with E-state index in [1.165, 1.54) is 41.4 Å². The number of hydrogen-bond acceptors (Lipinski definition) is 0. The molecule has 0 saturated carbocycles. The number of rotatable bonds is 9. The molecule has 0 fully saturated rings. The molecule has 0 bridgehead atoms. The zero-order chi connectivity index (χ0) is 76.7. The molecule has 416 valence electrons. The standard InChI is InChI=1S/C17H22N.C16H20N.C15H18N.2C14H16N/c1-13(2)11-15-8-9-16(14(3)12-15)17-7-5-6-10-18(17)4;1-12(2)14-8-9-15(13(3)11-14)16-7-5-6-10-17(16)4;1-4-13-8-9-14(12(2)11-13)15-7-5-6-10-16(15)3;1-11-7-8-13(12(2)10-11)14-6-4-5-9-15(14)3;1-11-7-8-12(2)13(10-11)14-6-4-5-9-15(14)3/h5-10,12-13H,11H2,1-4H3;5-12H,1-4H3;5-11H,4H2,1-3H3;2*4-10H,1-3H3/q5*+1/i1D3,2D3,11D2,13D;1D3,12D;1D3,4D2;1D3;. The third kappa shape index (κ3) is 17.4. The lowest BCUT2D eigenvalue weighted by atomic mass is 9.96. The van der Waals surface area contributed by atoms with E-state index >= 15 is 0 Å². The van der Waals surface area contributed by atoms with E-state index in [9.17, 15) is 0 Å². The van der Waals surface area contributed by atoms with Crippen molar-refractivity contribution in [2.24, 2.45) is 41.1 Å². The van der Waals surface area contributed by atoms with E-state index in [1.54, 1.807) is 49.4 Å². The van der Waals surface area contributed by atoms with Crippen molar-refractivity contribution in [2.45, 2.75) is 101 Å². The van der Waals surface area contributed by atoms with Crippen molar-refractivity contribution >= 4 is 0 Å². The van der Waals surface area contributed by atoms with Crippen LogP contribution in [-0.4, -0.2) is 0 Å². The molecule has 0 aliphatic carbocycles. The SMILES string of the molecule is Cc1ccc(C)c(-c2cccc[n+]2C)c1.[2H]C([2H])([2H])C([2H])(C([2H])([2H])[2H])C([2H])([2H])c1ccc(-c2cccc[n+]2C)c(C)c1.[2H]C([2H])([2H])C([2H])(C)c1ccc(-c2cccc[n+]2C)c(C)c1.[2H]C([2H])([2H])C([2H])([2H])c1ccc(-c2cccc[n+]2C)c(C)c1.[2H]C([2H])([2H])c1ccc(-c2cccc[n+]2C)c(C)c1. The fraction of sp³-hybridized carbons (Fsp3) is 0.276. The first-order valence-corrected chi connectivity index (χ1v) is 26.8. The minimum absolute atomic E-state index is 0.149. The van der Waals surface area contributed by atoms with Gasteiger partial charge in [-0.2, -0.15) is 0 Å². The number of aryl methyl sites for hydroxylation is 13. The molecule has 0 amide bonds. The fourth-order valence-corrected chi connectivity index (χ4v) is 9.36. The van der Waals surface area contributed by atoms with Gasteiger partial charge in [0.1, 0.15) is 35.2 Å². The van der Waals surface area contributed by atoms with Crippen molar-refractivity contribution < 1.29 is 51.6 Å². The summed E-state index contributed by atoms with van der Waals surface area (Å²) in [6.45, 7) is -0.553. The molecular formula is C76H92N5+5. The predicted octanol–water partition coefficient (Wildman–Crippen LogP) is 15.9. The maximum absolute atomic E-state index is 8.30. The van der Waals surface area contributed by atoms with Gasteiger partial charge in [-0.3, -0.25) is 0 Å². The normalized spacial score (nSPS) is 16.4. The minimum Gasteiger partial charge on any atom is -0.201 e. The van der Waals surface area contributed by atoms with Crippen LogP contribution in [-0.2, 0) is 48.0 Å². The van der Waals surface area contributed by atoms with Gasteiger partial charge in [-0.05, 0) is 178 Å². The fourth-order valence-electron chi connectivity index (χ4n) is 9.36. The molecule has 0 N–H and O–H groups in total. The maximum Gasteiger partial charge on any atom is 0.212 e. The molecule has 0 saturated heterocycles. The molecule has 5 aromatic heterocycles. The Hall–Kier alpha value is -8.15. The molecule has 1 unspecified atom stereocenters. The van der Waals surface area contributed by atoms with Gasteiger partial charge >= 0.3 is 0 Å². The Labute approximate surface area is 517 Å². The Kier molecular flexibility index (Phi) is 14.2. The third-order valence-corrected chi connectivity index (χ3v) is 13.8. The van der Waals surface area contributed by atoms with Crippen molar-refractivity contribution in [3.05, 3.63) is 269 Å². The first-order chi connectivity index (χ1) is 47.0. The quantitative estimate of drug-likeness (QED) is 0.128. The Morgan fingerprint density at radius 3 is 1.17 bits per heavy atom. The highest BCUT2D eigenvalue weighted by molar-refractivity contribution is 5.65. The van der Waals surface area contributed by atoms with Crippen LogP contribution < -0.4 is 22.8 Å². The van der Waals surface area contributed by atoms with Crippen molar-refractivity contribution in [3.63, 3.8) is 0 Å². The van der Waals surface area contributed by atoms with Gasteiger partial charge in [-0.15, -0.1) is 0 Å². The number of hydrogen-bond donors (Lipinski definition) is 0. The van der Waals surface area contributed by atoms with Crippen molar-refractivity contribution in [3.8, 4) is 56.3 Å². The molecule has 5 nitrogen and oxygen atoms in total. The highest BCUT2D eigenvalue weighted by Crippen LogP contribution is 2.27. The third-order valence-electron chi connectivity index (χ3n) is 13.8. The van der Waals surface area contributed by atoms with Crippen molar-refractivity contribution in [1.29, 1.82) is 0 Å².